The minimum atomic E-state index is -0.555. The molecule has 0 atom stereocenters. The number of piperidine rings is 1. The molecule has 1 aromatic heterocycles. The number of pyridine rings is 1. The summed E-state index contributed by atoms with van der Waals surface area (Å²) in [6, 6.07) is 13.5. The normalized spacial score (nSPS) is 17.7. The summed E-state index contributed by atoms with van der Waals surface area (Å²) >= 11 is 0. The van der Waals surface area contributed by atoms with Crippen LogP contribution in [0.2, 0.25) is 0 Å². The number of para-hydroxylation sites is 1. The third kappa shape index (κ3) is 3.97. The average Bonchev–Trinajstić information content (AvgIpc) is 3.22. The molecule has 0 aliphatic carbocycles. The van der Waals surface area contributed by atoms with Gasteiger partial charge in [-0.2, -0.15) is 5.26 Å². The van der Waals surface area contributed by atoms with Gasteiger partial charge in [0.1, 0.15) is 17.5 Å². The molecule has 2 aromatic rings. The van der Waals surface area contributed by atoms with Crippen LogP contribution in [0.5, 0.6) is 0 Å². The molecule has 3 heterocycles. The number of aromatic nitrogens is 1. The van der Waals surface area contributed by atoms with Crippen LogP contribution in [-0.4, -0.2) is 53.8 Å². The van der Waals surface area contributed by atoms with Crippen molar-refractivity contribution in [1.82, 2.24) is 9.88 Å². The standard InChI is InChI=1S/C21H20N4O4/c22-14-15-4-1-2-5-16(15)24-19(26)17-6-3-7-18(23-17)20(27)25-10-8-21(9-11-25)28-12-13-29-21/h1-7H,8-13H2,(H,24,26). The number of amides is 2. The number of benzene rings is 1. The topological polar surface area (TPSA) is 105 Å². The van der Waals surface area contributed by atoms with Gasteiger partial charge in [0.2, 0.25) is 0 Å². The van der Waals surface area contributed by atoms with Gasteiger partial charge < -0.3 is 19.7 Å². The van der Waals surface area contributed by atoms with Crippen molar-refractivity contribution < 1.29 is 19.1 Å². The summed E-state index contributed by atoms with van der Waals surface area (Å²) in [6.07, 6.45) is 1.23. The minimum Gasteiger partial charge on any atom is -0.347 e. The Morgan fingerprint density at radius 1 is 1.03 bits per heavy atom. The van der Waals surface area contributed by atoms with Crippen molar-refractivity contribution in [2.45, 2.75) is 18.6 Å². The van der Waals surface area contributed by atoms with Crippen LogP contribution in [0.4, 0.5) is 5.69 Å². The number of hydrogen-bond acceptors (Lipinski definition) is 6. The fraction of sp³-hybridized carbons (Fsp3) is 0.333. The maximum absolute atomic E-state index is 12.8. The van der Waals surface area contributed by atoms with Crippen LogP contribution >= 0.6 is 0 Å². The van der Waals surface area contributed by atoms with E-state index in [1.165, 1.54) is 6.07 Å². The second kappa shape index (κ2) is 7.99. The summed E-state index contributed by atoms with van der Waals surface area (Å²) < 4.78 is 11.4. The molecule has 8 nitrogen and oxygen atoms in total. The molecule has 2 amide bonds. The Labute approximate surface area is 168 Å². The van der Waals surface area contributed by atoms with E-state index in [-0.39, 0.29) is 17.3 Å². The van der Waals surface area contributed by atoms with Crippen molar-refractivity contribution in [2.24, 2.45) is 0 Å². The number of ether oxygens (including phenoxy) is 2. The van der Waals surface area contributed by atoms with Crippen LogP contribution in [0.15, 0.2) is 42.5 Å². The number of nitriles is 1. The molecule has 1 spiro atoms. The highest BCUT2D eigenvalue weighted by atomic mass is 16.7. The van der Waals surface area contributed by atoms with Gasteiger partial charge in [-0.3, -0.25) is 9.59 Å². The number of nitrogens with one attached hydrogen (secondary N) is 1. The van der Waals surface area contributed by atoms with E-state index in [1.807, 2.05) is 6.07 Å². The molecule has 1 N–H and O–H groups in total. The highest BCUT2D eigenvalue weighted by molar-refractivity contribution is 6.04. The maximum atomic E-state index is 12.8. The molecular weight excluding hydrogens is 372 g/mol. The first-order valence-electron chi connectivity index (χ1n) is 9.45. The van der Waals surface area contributed by atoms with E-state index in [4.69, 9.17) is 14.7 Å². The molecule has 0 unspecified atom stereocenters. The number of carbonyl (C=O) groups excluding carboxylic acids is 2. The predicted molar refractivity (Wildman–Crippen MR) is 103 cm³/mol. The van der Waals surface area contributed by atoms with Gasteiger partial charge in [0.05, 0.1) is 24.5 Å². The summed E-state index contributed by atoms with van der Waals surface area (Å²) in [5.41, 5.74) is 1.07. The van der Waals surface area contributed by atoms with E-state index >= 15 is 0 Å². The zero-order valence-corrected chi connectivity index (χ0v) is 15.8. The summed E-state index contributed by atoms with van der Waals surface area (Å²) in [5, 5.41) is 11.8. The SMILES string of the molecule is N#Cc1ccccc1NC(=O)c1cccc(C(=O)N2CCC3(CC2)OCCO3)n1. The second-order valence-electron chi connectivity index (χ2n) is 6.92. The number of hydrogen-bond donors (Lipinski definition) is 1. The zero-order chi connectivity index (χ0) is 20.3. The van der Waals surface area contributed by atoms with Crippen molar-refractivity contribution in [1.29, 1.82) is 5.26 Å². The predicted octanol–water partition coefficient (Wildman–Crippen LogP) is 2.18. The third-order valence-corrected chi connectivity index (χ3v) is 5.12. The Kier molecular flexibility index (Phi) is 5.25. The number of nitrogens with zero attached hydrogens (tertiary/aromatic N) is 3. The molecule has 148 valence electrons. The van der Waals surface area contributed by atoms with E-state index in [0.29, 0.717) is 50.4 Å². The van der Waals surface area contributed by atoms with Gasteiger partial charge in [0, 0.05) is 25.9 Å². The van der Waals surface area contributed by atoms with Gasteiger partial charge in [-0.25, -0.2) is 4.98 Å². The molecule has 0 bridgehead atoms. The maximum Gasteiger partial charge on any atom is 0.274 e. The van der Waals surface area contributed by atoms with E-state index in [1.54, 1.807) is 41.3 Å². The van der Waals surface area contributed by atoms with Crippen molar-refractivity contribution in [2.75, 3.05) is 31.6 Å². The van der Waals surface area contributed by atoms with E-state index in [2.05, 4.69) is 10.3 Å². The smallest absolute Gasteiger partial charge is 0.274 e. The van der Waals surface area contributed by atoms with Crippen molar-refractivity contribution >= 4 is 17.5 Å². The molecule has 2 aliphatic rings. The third-order valence-electron chi connectivity index (χ3n) is 5.12. The summed E-state index contributed by atoms with van der Waals surface area (Å²) in [6.45, 7) is 2.18. The fourth-order valence-electron chi connectivity index (χ4n) is 3.55. The molecule has 1 aromatic carbocycles. The van der Waals surface area contributed by atoms with Gasteiger partial charge in [0.25, 0.3) is 11.8 Å². The number of anilines is 1. The monoisotopic (exact) mass is 392 g/mol. The highest BCUT2D eigenvalue weighted by Gasteiger charge is 2.41. The highest BCUT2D eigenvalue weighted by Crippen LogP contribution is 2.31. The largest absolute Gasteiger partial charge is 0.347 e. The molecular formula is C21H20N4O4. The van der Waals surface area contributed by atoms with Gasteiger partial charge in [0.15, 0.2) is 5.79 Å². The molecule has 2 saturated heterocycles. The van der Waals surface area contributed by atoms with Crippen molar-refractivity contribution in [3.8, 4) is 6.07 Å². The van der Waals surface area contributed by atoms with Crippen LogP contribution in [0, 0.1) is 11.3 Å². The Morgan fingerprint density at radius 2 is 1.72 bits per heavy atom. The van der Waals surface area contributed by atoms with Gasteiger partial charge in [-0.1, -0.05) is 18.2 Å². The number of rotatable bonds is 3. The first kappa shape index (κ1) is 19.1. The lowest BCUT2D eigenvalue weighted by Crippen LogP contribution is -2.47. The van der Waals surface area contributed by atoms with Crippen molar-refractivity contribution in [3.63, 3.8) is 0 Å². The molecule has 0 radical (unpaired) electrons. The lowest BCUT2D eigenvalue weighted by molar-refractivity contribution is -0.181. The first-order chi connectivity index (χ1) is 14.1. The molecule has 29 heavy (non-hydrogen) atoms. The Hall–Kier alpha value is -3.28. The van der Waals surface area contributed by atoms with Crippen molar-refractivity contribution in [3.05, 3.63) is 59.4 Å². The zero-order valence-electron chi connectivity index (χ0n) is 15.8. The average molecular weight is 392 g/mol. The fourth-order valence-corrected chi connectivity index (χ4v) is 3.55. The van der Waals surface area contributed by atoms with Crippen LogP contribution in [0.3, 0.4) is 0 Å². The van der Waals surface area contributed by atoms with E-state index < -0.39 is 11.7 Å². The minimum absolute atomic E-state index is 0.111. The van der Waals surface area contributed by atoms with Crippen LogP contribution in [0.1, 0.15) is 39.4 Å². The molecule has 2 fully saturated rings. The van der Waals surface area contributed by atoms with Gasteiger partial charge in [-0.15, -0.1) is 0 Å². The van der Waals surface area contributed by atoms with Crippen LogP contribution < -0.4 is 5.32 Å². The molecule has 8 heteroatoms. The summed E-state index contributed by atoms with van der Waals surface area (Å²) in [4.78, 5) is 31.3. The Balaban J connectivity index is 1.45. The quantitative estimate of drug-likeness (QED) is 0.859. The molecule has 4 rings (SSSR count). The first-order valence-corrected chi connectivity index (χ1v) is 9.45. The number of likely N-dealkylation sites (tertiary alicyclic amines) is 1. The van der Waals surface area contributed by atoms with Crippen LogP contribution in [0.25, 0.3) is 0 Å². The molecule has 0 saturated carbocycles. The second-order valence-corrected chi connectivity index (χ2v) is 6.92. The van der Waals surface area contributed by atoms with Crippen LogP contribution in [-0.2, 0) is 9.47 Å². The summed E-state index contributed by atoms with van der Waals surface area (Å²) in [5.74, 6) is -1.27. The van der Waals surface area contributed by atoms with Gasteiger partial charge >= 0.3 is 0 Å². The Bertz CT molecular complexity index is 969. The van der Waals surface area contributed by atoms with Gasteiger partial charge in [-0.05, 0) is 24.3 Å². The summed E-state index contributed by atoms with van der Waals surface area (Å²) in [7, 11) is 0. The van der Waals surface area contributed by atoms with E-state index in [9.17, 15) is 9.59 Å². The Morgan fingerprint density at radius 3 is 2.45 bits per heavy atom. The lowest BCUT2D eigenvalue weighted by atomic mass is 10.0. The lowest BCUT2D eigenvalue weighted by Gasteiger charge is -2.37. The molecule has 2 aliphatic heterocycles. The number of carbonyl (C=O) groups is 2. The van der Waals surface area contributed by atoms with E-state index in [0.717, 1.165) is 0 Å².